The second-order valence-corrected chi connectivity index (χ2v) is 2.43. The Bertz CT molecular complexity index is 199. The number of hydrogen-bond acceptors (Lipinski definition) is 2. The van der Waals surface area contributed by atoms with E-state index in [-0.39, 0.29) is 4.74 Å². The minimum absolute atomic E-state index is 0.113. The van der Waals surface area contributed by atoms with Crippen molar-refractivity contribution in [2.45, 2.75) is 0 Å². The van der Waals surface area contributed by atoms with E-state index in [0.29, 0.717) is 0 Å². The summed E-state index contributed by atoms with van der Waals surface area (Å²) in [4.78, 5) is 10.3. The Morgan fingerprint density at radius 3 is 2.71 bits per heavy atom. The summed E-state index contributed by atoms with van der Waals surface area (Å²) in [5.41, 5.74) is 0. The normalized spacial score (nSPS) is 9.29. The zero-order chi connectivity index (χ0) is 5.28. The molecule has 0 N–H and O–H groups in total. The summed E-state index contributed by atoms with van der Waals surface area (Å²) in [7, 11) is 1.84. The van der Waals surface area contributed by atoms with Gasteiger partial charge in [-0.15, -0.1) is 0 Å². The largest absolute Gasteiger partial charge is 0.305 e. The summed E-state index contributed by atoms with van der Waals surface area (Å²) in [5, 5.41) is 0. The van der Waals surface area contributed by atoms with Crippen molar-refractivity contribution in [1.82, 2.24) is 3.96 Å². The number of aryl methyl sites for hydroxylation is 1. The first-order chi connectivity index (χ1) is 3.29. The van der Waals surface area contributed by atoms with E-state index >= 15 is 0 Å². The van der Waals surface area contributed by atoms with Gasteiger partial charge in [-0.1, -0.05) is 0 Å². The molecule has 0 aliphatic rings. The minimum atomic E-state index is 0.113. The molecule has 0 saturated carbocycles. The van der Waals surface area contributed by atoms with Crippen LogP contribution in [-0.4, -0.2) is 3.96 Å². The first-order valence-corrected chi connectivity index (χ1v) is 2.69. The fraction of sp³-hybridized carbons (Fsp3) is 0.250. The van der Waals surface area contributed by atoms with Gasteiger partial charge >= 0.3 is 0 Å². The lowest BCUT2D eigenvalue weighted by Gasteiger charge is -1.76. The Morgan fingerprint density at radius 2 is 2.57 bits per heavy atom. The maximum Gasteiger partial charge on any atom is 0.249 e. The topological polar surface area (TPSA) is 22.0 Å². The molecule has 1 rings (SSSR count). The van der Waals surface area contributed by atoms with Crippen LogP contribution >= 0.6 is 11.5 Å². The van der Waals surface area contributed by atoms with Crippen LogP contribution in [0.25, 0.3) is 0 Å². The Balaban J connectivity index is 3.30. The fourth-order valence-electron chi connectivity index (χ4n) is 0.369. The SMILES string of the molecule is Cn1ccc(=O)s1. The van der Waals surface area contributed by atoms with Crippen LogP contribution in [0.2, 0.25) is 0 Å². The van der Waals surface area contributed by atoms with Crippen LogP contribution in [0.1, 0.15) is 0 Å². The van der Waals surface area contributed by atoms with E-state index in [4.69, 9.17) is 0 Å². The molecule has 0 aliphatic heterocycles. The van der Waals surface area contributed by atoms with Crippen molar-refractivity contribution in [3.8, 4) is 0 Å². The molecule has 1 heterocycles. The smallest absolute Gasteiger partial charge is 0.249 e. The molecule has 0 fully saturated rings. The Kier molecular flexibility index (Phi) is 0.982. The lowest BCUT2D eigenvalue weighted by atomic mass is 10.8. The van der Waals surface area contributed by atoms with E-state index in [1.165, 1.54) is 11.5 Å². The second-order valence-electron chi connectivity index (χ2n) is 1.27. The average Bonchev–Trinajstić information content (AvgIpc) is 1.87. The second kappa shape index (κ2) is 1.50. The maximum absolute atomic E-state index is 10.3. The summed E-state index contributed by atoms with van der Waals surface area (Å²) in [6.07, 6.45) is 1.74. The fourth-order valence-corrected chi connectivity index (χ4v) is 0.896. The minimum Gasteiger partial charge on any atom is -0.305 e. The van der Waals surface area contributed by atoms with E-state index in [0.717, 1.165) is 0 Å². The van der Waals surface area contributed by atoms with Crippen LogP contribution in [-0.2, 0) is 7.05 Å². The van der Waals surface area contributed by atoms with Crippen molar-refractivity contribution < 1.29 is 0 Å². The first kappa shape index (κ1) is 4.59. The molecule has 0 unspecified atom stereocenters. The Hall–Kier alpha value is -0.570. The molecule has 1 aromatic heterocycles. The molecule has 0 saturated heterocycles. The van der Waals surface area contributed by atoms with Gasteiger partial charge in [0.05, 0.1) is 0 Å². The van der Waals surface area contributed by atoms with Gasteiger partial charge in [-0.3, -0.25) is 4.79 Å². The van der Waals surface area contributed by atoms with Gasteiger partial charge in [0, 0.05) is 19.3 Å². The number of nitrogens with zero attached hydrogens (tertiary/aromatic N) is 1. The summed E-state index contributed by atoms with van der Waals surface area (Å²) in [6.45, 7) is 0. The predicted octanol–water partition coefficient (Wildman–Crippen LogP) is 0.447. The summed E-state index contributed by atoms with van der Waals surface area (Å²) in [6, 6.07) is 1.55. The Morgan fingerprint density at radius 1 is 1.86 bits per heavy atom. The highest BCUT2D eigenvalue weighted by molar-refractivity contribution is 7.03. The van der Waals surface area contributed by atoms with Gasteiger partial charge < -0.3 is 3.96 Å². The van der Waals surface area contributed by atoms with E-state index in [1.54, 1.807) is 16.2 Å². The van der Waals surface area contributed by atoms with E-state index in [9.17, 15) is 4.79 Å². The molecular weight excluding hydrogens is 110 g/mol. The zero-order valence-electron chi connectivity index (χ0n) is 3.92. The van der Waals surface area contributed by atoms with Gasteiger partial charge in [0.1, 0.15) is 0 Å². The van der Waals surface area contributed by atoms with Crippen LogP contribution in [0.3, 0.4) is 0 Å². The van der Waals surface area contributed by atoms with Gasteiger partial charge in [-0.2, -0.15) is 0 Å². The molecule has 1 aromatic rings. The lowest BCUT2D eigenvalue weighted by Crippen LogP contribution is -1.81. The molecular formula is C4H5NOS. The van der Waals surface area contributed by atoms with Crippen molar-refractivity contribution in [3.05, 3.63) is 21.8 Å². The van der Waals surface area contributed by atoms with Crippen LogP contribution in [0, 0.1) is 0 Å². The Labute approximate surface area is 45.2 Å². The van der Waals surface area contributed by atoms with E-state index in [1.807, 2.05) is 7.05 Å². The van der Waals surface area contributed by atoms with Crippen LogP contribution < -0.4 is 4.74 Å². The first-order valence-electron chi connectivity index (χ1n) is 1.92. The molecule has 3 heteroatoms. The quantitative estimate of drug-likeness (QED) is 0.481. The van der Waals surface area contributed by atoms with Gasteiger partial charge in [0.15, 0.2) is 0 Å². The zero-order valence-corrected chi connectivity index (χ0v) is 4.73. The molecule has 0 aromatic carbocycles. The maximum atomic E-state index is 10.3. The third-order valence-electron chi connectivity index (χ3n) is 0.655. The lowest BCUT2D eigenvalue weighted by molar-refractivity contribution is 1.03. The average molecular weight is 115 g/mol. The van der Waals surface area contributed by atoms with E-state index in [2.05, 4.69) is 0 Å². The standard InChI is InChI=1S/C4H5NOS/c1-5-3-2-4(6)7-5/h2-3H,1H3. The molecule has 7 heavy (non-hydrogen) atoms. The van der Waals surface area contributed by atoms with Gasteiger partial charge in [0.2, 0.25) is 4.74 Å². The van der Waals surface area contributed by atoms with Crippen LogP contribution in [0.4, 0.5) is 0 Å². The van der Waals surface area contributed by atoms with Crippen molar-refractivity contribution in [3.63, 3.8) is 0 Å². The molecule has 0 radical (unpaired) electrons. The van der Waals surface area contributed by atoms with Gasteiger partial charge in [0.25, 0.3) is 0 Å². The highest BCUT2D eigenvalue weighted by Crippen LogP contribution is 1.82. The number of rotatable bonds is 0. The molecule has 0 atom stereocenters. The van der Waals surface area contributed by atoms with Crippen molar-refractivity contribution in [2.24, 2.45) is 7.05 Å². The molecule has 0 amide bonds. The monoisotopic (exact) mass is 115 g/mol. The highest BCUT2D eigenvalue weighted by Gasteiger charge is 1.81. The van der Waals surface area contributed by atoms with Gasteiger partial charge in [-0.05, 0) is 11.5 Å². The van der Waals surface area contributed by atoms with Gasteiger partial charge in [-0.25, -0.2) is 0 Å². The third kappa shape index (κ3) is 0.899. The molecule has 38 valence electrons. The van der Waals surface area contributed by atoms with E-state index < -0.39 is 0 Å². The van der Waals surface area contributed by atoms with Crippen molar-refractivity contribution >= 4 is 11.5 Å². The molecule has 0 spiro atoms. The third-order valence-corrected chi connectivity index (χ3v) is 1.38. The summed E-state index contributed by atoms with van der Waals surface area (Å²) < 4.78 is 1.88. The van der Waals surface area contributed by atoms with Crippen LogP contribution in [0.15, 0.2) is 17.1 Å². The summed E-state index contributed by atoms with van der Waals surface area (Å²) in [5.74, 6) is 0. The van der Waals surface area contributed by atoms with Crippen molar-refractivity contribution in [2.75, 3.05) is 0 Å². The number of aromatic nitrogens is 1. The van der Waals surface area contributed by atoms with Crippen LogP contribution in [0.5, 0.6) is 0 Å². The molecule has 0 aliphatic carbocycles. The molecule has 0 bridgehead atoms. The predicted molar refractivity (Wildman–Crippen MR) is 29.6 cm³/mol. The van der Waals surface area contributed by atoms with Crippen molar-refractivity contribution in [1.29, 1.82) is 0 Å². The highest BCUT2D eigenvalue weighted by atomic mass is 32.1. The summed E-state index contributed by atoms with van der Waals surface area (Å²) >= 11 is 1.20. The molecule has 2 nitrogen and oxygen atoms in total. The number of hydrogen-bond donors (Lipinski definition) is 0.